The summed E-state index contributed by atoms with van der Waals surface area (Å²) in [5, 5.41) is 7.52. The molecular formula is C54H35N3. The van der Waals surface area contributed by atoms with Gasteiger partial charge in [0.1, 0.15) is 0 Å². The van der Waals surface area contributed by atoms with Gasteiger partial charge in [0.05, 0.1) is 38.8 Å². The molecule has 0 unspecified atom stereocenters. The fourth-order valence-electron chi connectivity index (χ4n) is 9.56. The molecule has 0 aliphatic heterocycles. The number of benzene rings is 9. The van der Waals surface area contributed by atoms with Crippen LogP contribution in [0.5, 0.6) is 0 Å². The standard InChI is InChI=1S/C54H35N3/c1-4-18-36(19-5-1)39-27-17-33-48-51(39)53-50(35-34-49-52(53)44-26-12-15-32-47(44)55(49)37-20-6-2-7-21-37)57(48)46-31-14-11-25-41(46)43-29-16-28-42-40-24-10-13-30-45(40)56(54(42)43)38-22-8-3-9-23-38/h1-35H. The molecule has 266 valence electrons. The molecule has 0 atom stereocenters. The fraction of sp³-hybridized carbons (Fsp3) is 0. The van der Waals surface area contributed by atoms with Gasteiger partial charge >= 0.3 is 0 Å². The van der Waals surface area contributed by atoms with Gasteiger partial charge in [0, 0.05) is 54.8 Å². The van der Waals surface area contributed by atoms with E-state index in [4.69, 9.17) is 0 Å². The molecule has 9 aromatic carbocycles. The van der Waals surface area contributed by atoms with Crippen LogP contribution >= 0.6 is 0 Å². The molecule has 0 fully saturated rings. The molecular weight excluding hydrogens is 691 g/mol. The molecule has 0 spiro atoms. The second-order valence-corrected chi connectivity index (χ2v) is 14.9. The van der Waals surface area contributed by atoms with Crippen LogP contribution in [0.1, 0.15) is 0 Å². The highest BCUT2D eigenvalue weighted by molar-refractivity contribution is 6.31. The maximum atomic E-state index is 2.52. The molecule has 3 nitrogen and oxygen atoms in total. The largest absolute Gasteiger partial charge is 0.309 e. The van der Waals surface area contributed by atoms with Gasteiger partial charge in [-0.25, -0.2) is 0 Å². The first-order chi connectivity index (χ1) is 28.3. The normalized spacial score (nSPS) is 11.9. The molecule has 0 amide bonds. The first-order valence-corrected chi connectivity index (χ1v) is 19.6. The number of nitrogens with zero attached hydrogens (tertiary/aromatic N) is 3. The molecule has 12 aromatic rings. The Bertz CT molecular complexity index is 3500. The van der Waals surface area contributed by atoms with Crippen molar-refractivity contribution in [3.63, 3.8) is 0 Å². The van der Waals surface area contributed by atoms with Crippen LogP contribution in [-0.2, 0) is 0 Å². The van der Waals surface area contributed by atoms with E-state index in [0.29, 0.717) is 0 Å². The van der Waals surface area contributed by atoms with Gasteiger partial charge < -0.3 is 13.7 Å². The van der Waals surface area contributed by atoms with Crippen molar-refractivity contribution in [1.29, 1.82) is 0 Å². The Morgan fingerprint density at radius 2 is 0.737 bits per heavy atom. The highest BCUT2D eigenvalue weighted by Crippen LogP contribution is 2.47. The van der Waals surface area contributed by atoms with E-state index >= 15 is 0 Å². The minimum Gasteiger partial charge on any atom is -0.309 e. The molecule has 12 rings (SSSR count). The summed E-state index contributed by atoms with van der Waals surface area (Å²) in [5.41, 5.74) is 15.4. The summed E-state index contributed by atoms with van der Waals surface area (Å²) in [6, 6.07) is 77.3. The SMILES string of the molecule is c1ccc(-c2cccc3c2c2c4c5ccccc5n(-c5ccccc5)c4ccc2n3-c2ccccc2-c2cccc3c4ccccc4n(-c4ccccc4)c23)cc1. The van der Waals surface area contributed by atoms with Crippen LogP contribution in [0.2, 0.25) is 0 Å². The summed E-state index contributed by atoms with van der Waals surface area (Å²) in [4.78, 5) is 0. The third-order valence-corrected chi connectivity index (χ3v) is 11.8. The molecule has 3 heterocycles. The molecule has 0 N–H and O–H groups in total. The number of hydrogen-bond donors (Lipinski definition) is 0. The topological polar surface area (TPSA) is 14.8 Å². The Morgan fingerprint density at radius 3 is 1.49 bits per heavy atom. The smallest absolute Gasteiger partial charge is 0.0620 e. The number of para-hydroxylation sites is 6. The van der Waals surface area contributed by atoms with E-state index < -0.39 is 0 Å². The molecule has 0 saturated carbocycles. The molecule has 0 bridgehead atoms. The van der Waals surface area contributed by atoms with Gasteiger partial charge in [-0.2, -0.15) is 0 Å². The number of hydrogen-bond acceptors (Lipinski definition) is 0. The van der Waals surface area contributed by atoms with E-state index in [1.807, 2.05) is 0 Å². The third-order valence-electron chi connectivity index (χ3n) is 11.8. The zero-order valence-corrected chi connectivity index (χ0v) is 31.0. The lowest BCUT2D eigenvalue weighted by Gasteiger charge is -2.17. The molecule has 3 aromatic heterocycles. The Balaban J connectivity index is 1.24. The Hall–Kier alpha value is -7.62. The van der Waals surface area contributed by atoms with Crippen molar-refractivity contribution in [1.82, 2.24) is 13.7 Å². The summed E-state index contributed by atoms with van der Waals surface area (Å²) in [6.45, 7) is 0. The zero-order valence-electron chi connectivity index (χ0n) is 31.0. The monoisotopic (exact) mass is 725 g/mol. The third kappa shape index (κ3) is 4.60. The zero-order chi connectivity index (χ0) is 37.5. The maximum absolute atomic E-state index is 2.52. The Kier molecular flexibility index (Phi) is 6.93. The summed E-state index contributed by atoms with van der Waals surface area (Å²) in [5.74, 6) is 0. The van der Waals surface area contributed by atoms with E-state index in [9.17, 15) is 0 Å². The highest BCUT2D eigenvalue weighted by atomic mass is 15.0. The van der Waals surface area contributed by atoms with E-state index in [1.165, 1.54) is 87.7 Å². The lowest BCUT2D eigenvalue weighted by atomic mass is 9.97. The van der Waals surface area contributed by atoms with Crippen molar-refractivity contribution in [2.24, 2.45) is 0 Å². The lowest BCUT2D eigenvalue weighted by molar-refractivity contribution is 1.17. The van der Waals surface area contributed by atoms with Crippen molar-refractivity contribution in [2.75, 3.05) is 0 Å². The number of rotatable bonds is 5. The van der Waals surface area contributed by atoms with Gasteiger partial charge in [-0.05, 0) is 71.8 Å². The van der Waals surface area contributed by atoms with Crippen LogP contribution in [0.4, 0.5) is 0 Å². The van der Waals surface area contributed by atoms with Crippen molar-refractivity contribution in [3.05, 3.63) is 212 Å². The first-order valence-electron chi connectivity index (χ1n) is 19.6. The van der Waals surface area contributed by atoms with Gasteiger partial charge in [-0.3, -0.25) is 0 Å². The van der Waals surface area contributed by atoms with Crippen LogP contribution in [0.15, 0.2) is 212 Å². The van der Waals surface area contributed by atoms with Crippen LogP contribution in [-0.4, -0.2) is 13.7 Å². The van der Waals surface area contributed by atoms with Crippen molar-refractivity contribution >= 4 is 65.4 Å². The summed E-state index contributed by atoms with van der Waals surface area (Å²) in [6.07, 6.45) is 0. The minimum absolute atomic E-state index is 1.14. The molecule has 3 heteroatoms. The highest BCUT2D eigenvalue weighted by Gasteiger charge is 2.25. The molecule has 0 aliphatic rings. The van der Waals surface area contributed by atoms with Crippen LogP contribution < -0.4 is 0 Å². The van der Waals surface area contributed by atoms with E-state index in [1.54, 1.807) is 0 Å². The van der Waals surface area contributed by atoms with E-state index in [2.05, 4.69) is 226 Å². The fourth-order valence-corrected chi connectivity index (χ4v) is 9.56. The second kappa shape index (κ2) is 12.5. The summed E-state index contributed by atoms with van der Waals surface area (Å²) in [7, 11) is 0. The van der Waals surface area contributed by atoms with E-state index in [-0.39, 0.29) is 0 Å². The molecule has 0 saturated heterocycles. The van der Waals surface area contributed by atoms with Crippen molar-refractivity contribution in [3.8, 4) is 39.3 Å². The average Bonchev–Trinajstić information content (AvgIpc) is 3.93. The van der Waals surface area contributed by atoms with Crippen molar-refractivity contribution < 1.29 is 0 Å². The van der Waals surface area contributed by atoms with Gasteiger partial charge in [-0.15, -0.1) is 0 Å². The number of fused-ring (bicyclic) bond motifs is 10. The average molecular weight is 726 g/mol. The number of aromatic nitrogens is 3. The lowest BCUT2D eigenvalue weighted by Crippen LogP contribution is -1.99. The maximum Gasteiger partial charge on any atom is 0.0620 e. The van der Waals surface area contributed by atoms with Crippen LogP contribution in [0.25, 0.3) is 105 Å². The minimum atomic E-state index is 1.14. The molecule has 0 radical (unpaired) electrons. The predicted octanol–water partition coefficient (Wildman–Crippen LogP) is 14.3. The Labute approximate surface area is 329 Å². The van der Waals surface area contributed by atoms with Crippen LogP contribution in [0, 0.1) is 0 Å². The molecule has 57 heavy (non-hydrogen) atoms. The van der Waals surface area contributed by atoms with Crippen molar-refractivity contribution in [2.45, 2.75) is 0 Å². The second-order valence-electron chi connectivity index (χ2n) is 14.9. The first kappa shape index (κ1) is 31.7. The van der Waals surface area contributed by atoms with Gasteiger partial charge in [0.2, 0.25) is 0 Å². The van der Waals surface area contributed by atoms with Gasteiger partial charge in [-0.1, -0.05) is 152 Å². The van der Waals surface area contributed by atoms with Crippen LogP contribution in [0.3, 0.4) is 0 Å². The summed E-state index contributed by atoms with van der Waals surface area (Å²) >= 11 is 0. The van der Waals surface area contributed by atoms with Gasteiger partial charge in [0.25, 0.3) is 0 Å². The van der Waals surface area contributed by atoms with E-state index in [0.717, 1.165) is 17.1 Å². The molecule has 0 aliphatic carbocycles. The Morgan fingerprint density at radius 1 is 0.246 bits per heavy atom. The predicted molar refractivity (Wildman–Crippen MR) is 240 cm³/mol. The quantitative estimate of drug-likeness (QED) is 0.168. The van der Waals surface area contributed by atoms with Gasteiger partial charge in [0.15, 0.2) is 0 Å². The summed E-state index contributed by atoms with van der Waals surface area (Å²) < 4.78 is 7.39.